The second-order valence-corrected chi connectivity index (χ2v) is 6.56. The summed E-state index contributed by atoms with van der Waals surface area (Å²) in [6, 6.07) is 6.29. The van der Waals surface area contributed by atoms with E-state index < -0.39 is 5.97 Å². The molecule has 1 aromatic carbocycles. The van der Waals surface area contributed by atoms with Crippen LogP contribution in [0, 0.1) is 0 Å². The maximum Gasteiger partial charge on any atom is 0.354 e. The van der Waals surface area contributed by atoms with Gasteiger partial charge in [0.25, 0.3) is 5.91 Å². The van der Waals surface area contributed by atoms with E-state index in [1.807, 2.05) is 0 Å². The molecule has 21 heavy (non-hydrogen) atoms. The smallest absolute Gasteiger partial charge is 0.354 e. The molecule has 0 aliphatic carbocycles. The van der Waals surface area contributed by atoms with Gasteiger partial charge in [-0.2, -0.15) is 0 Å². The predicted molar refractivity (Wildman–Crippen MR) is 88.7 cm³/mol. The Labute approximate surface area is 145 Å². The van der Waals surface area contributed by atoms with E-state index in [0.717, 1.165) is 4.47 Å². The van der Waals surface area contributed by atoms with Crippen molar-refractivity contribution in [2.75, 3.05) is 5.32 Å². The third kappa shape index (κ3) is 3.90. The number of nitrogens with zero attached hydrogens (tertiary/aromatic N) is 1. The molecule has 2 N–H and O–H groups in total. The monoisotopic (exact) mass is 476 g/mol. The van der Waals surface area contributed by atoms with Crippen molar-refractivity contribution in [2.45, 2.75) is 0 Å². The number of benzene rings is 1. The number of amides is 1. The lowest BCUT2D eigenvalue weighted by Gasteiger charge is -2.10. The largest absolute Gasteiger partial charge is 0.477 e. The molecule has 2 rings (SSSR count). The van der Waals surface area contributed by atoms with Crippen LogP contribution in [-0.2, 0) is 0 Å². The molecule has 0 bridgehead atoms. The minimum Gasteiger partial charge on any atom is -0.477 e. The van der Waals surface area contributed by atoms with Crippen molar-refractivity contribution in [1.82, 2.24) is 4.98 Å². The van der Waals surface area contributed by atoms with Crippen LogP contribution >= 0.6 is 47.8 Å². The van der Waals surface area contributed by atoms with E-state index in [4.69, 9.17) is 5.11 Å². The van der Waals surface area contributed by atoms with Crippen LogP contribution in [0.4, 0.5) is 5.69 Å². The van der Waals surface area contributed by atoms with Crippen LogP contribution in [0.3, 0.4) is 0 Å². The number of carbonyl (C=O) groups excluding carboxylic acids is 1. The fraction of sp³-hybridized carbons (Fsp3) is 0. The van der Waals surface area contributed by atoms with E-state index in [0.29, 0.717) is 14.6 Å². The minimum absolute atomic E-state index is 0.113. The molecule has 1 heterocycles. The Balaban J connectivity index is 2.24. The fourth-order valence-corrected chi connectivity index (χ4v) is 3.96. The second-order valence-electron chi connectivity index (χ2n) is 3.94. The quantitative estimate of drug-likeness (QED) is 0.688. The summed E-state index contributed by atoms with van der Waals surface area (Å²) in [5.74, 6) is -1.52. The van der Waals surface area contributed by atoms with Gasteiger partial charge >= 0.3 is 5.97 Å². The predicted octanol–water partition coefficient (Wildman–Crippen LogP) is 4.32. The van der Waals surface area contributed by atoms with E-state index in [1.165, 1.54) is 18.3 Å². The standard InChI is InChI=1S/C13H7Br3N2O3/c14-7-3-8(15)11(9(16)4-7)18-12(19)6-1-2-10(13(20)21)17-5-6/h1-5H,(H,18,19)(H,20,21). The van der Waals surface area contributed by atoms with Crippen molar-refractivity contribution in [2.24, 2.45) is 0 Å². The number of carbonyl (C=O) groups is 2. The fourth-order valence-electron chi connectivity index (χ4n) is 1.50. The van der Waals surface area contributed by atoms with Crippen LogP contribution in [-0.4, -0.2) is 22.0 Å². The van der Waals surface area contributed by atoms with Gasteiger partial charge < -0.3 is 10.4 Å². The van der Waals surface area contributed by atoms with Crippen LogP contribution in [0.1, 0.15) is 20.8 Å². The first kappa shape index (κ1) is 16.1. The van der Waals surface area contributed by atoms with Gasteiger partial charge in [0, 0.05) is 19.6 Å². The molecule has 8 heteroatoms. The first-order valence-corrected chi connectivity index (χ1v) is 7.91. The van der Waals surface area contributed by atoms with Crippen molar-refractivity contribution in [3.05, 3.63) is 55.1 Å². The Kier molecular flexibility index (Phi) is 5.13. The zero-order valence-electron chi connectivity index (χ0n) is 10.2. The summed E-state index contributed by atoms with van der Waals surface area (Å²) < 4.78 is 2.26. The summed E-state index contributed by atoms with van der Waals surface area (Å²) in [5, 5.41) is 11.5. The third-order valence-electron chi connectivity index (χ3n) is 2.49. The Morgan fingerprint density at radius 2 is 1.71 bits per heavy atom. The number of carboxylic acid groups (broad SMARTS) is 1. The number of hydrogen-bond donors (Lipinski definition) is 2. The summed E-state index contributed by atoms with van der Waals surface area (Å²) >= 11 is 10.1. The van der Waals surface area contributed by atoms with Gasteiger partial charge in [0.05, 0.1) is 11.3 Å². The molecule has 1 amide bonds. The molecule has 0 aliphatic rings. The van der Waals surface area contributed by atoms with Crippen molar-refractivity contribution < 1.29 is 14.7 Å². The highest BCUT2D eigenvalue weighted by Crippen LogP contribution is 2.34. The summed E-state index contributed by atoms with van der Waals surface area (Å²) in [6.07, 6.45) is 1.22. The topological polar surface area (TPSA) is 79.3 Å². The van der Waals surface area contributed by atoms with Crippen molar-refractivity contribution >= 4 is 65.4 Å². The molecule has 0 radical (unpaired) electrons. The number of nitrogens with one attached hydrogen (secondary N) is 1. The van der Waals surface area contributed by atoms with Gasteiger partial charge in [0.2, 0.25) is 0 Å². The SMILES string of the molecule is O=C(Nc1c(Br)cc(Br)cc1Br)c1ccc(C(=O)O)nc1. The van der Waals surface area contributed by atoms with Crippen LogP contribution in [0.2, 0.25) is 0 Å². The number of aromatic nitrogens is 1. The van der Waals surface area contributed by atoms with Gasteiger partial charge in [0.15, 0.2) is 0 Å². The van der Waals surface area contributed by atoms with Gasteiger partial charge in [-0.1, -0.05) is 15.9 Å². The molecular weight excluding hydrogens is 472 g/mol. The molecule has 0 saturated carbocycles. The zero-order chi connectivity index (χ0) is 15.6. The molecular formula is C13H7Br3N2O3. The van der Waals surface area contributed by atoms with Crippen LogP contribution in [0.25, 0.3) is 0 Å². The number of rotatable bonds is 3. The Bertz CT molecular complexity index is 694. The van der Waals surface area contributed by atoms with Gasteiger partial charge in [-0.05, 0) is 56.1 Å². The zero-order valence-corrected chi connectivity index (χ0v) is 15.0. The molecule has 0 saturated heterocycles. The Morgan fingerprint density at radius 3 is 2.19 bits per heavy atom. The Hall–Kier alpha value is -1.25. The lowest BCUT2D eigenvalue weighted by molar-refractivity contribution is 0.0690. The molecule has 1 aromatic heterocycles. The number of anilines is 1. The molecule has 5 nitrogen and oxygen atoms in total. The van der Waals surface area contributed by atoms with E-state index in [-0.39, 0.29) is 17.2 Å². The summed E-state index contributed by atoms with van der Waals surface area (Å²) in [5.41, 5.74) is 0.727. The molecule has 2 aromatic rings. The number of halogens is 3. The Morgan fingerprint density at radius 1 is 1.10 bits per heavy atom. The number of aromatic carboxylic acids is 1. The lowest BCUT2D eigenvalue weighted by Crippen LogP contribution is -2.14. The molecule has 0 fully saturated rings. The highest BCUT2D eigenvalue weighted by atomic mass is 79.9. The average molecular weight is 479 g/mol. The molecule has 108 valence electrons. The van der Waals surface area contributed by atoms with E-state index in [2.05, 4.69) is 58.1 Å². The van der Waals surface area contributed by atoms with E-state index in [1.54, 1.807) is 12.1 Å². The van der Waals surface area contributed by atoms with Gasteiger partial charge in [-0.3, -0.25) is 4.79 Å². The van der Waals surface area contributed by atoms with Crippen molar-refractivity contribution in [3.8, 4) is 0 Å². The van der Waals surface area contributed by atoms with Gasteiger partial charge in [-0.15, -0.1) is 0 Å². The molecule has 0 atom stereocenters. The third-order valence-corrected chi connectivity index (χ3v) is 4.20. The molecule has 0 spiro atoms. The summed E-state index contributed by atoms with van der Waals surface area (Å²) in [4.78, 5) is 26.6. The maximum absolute atomic E-state index is 12.1. The highest BCUT2D eigenvalue weighted by Gasteiger charge is 2.13. The minimum atomic E-state index is -1.14. The number of pyridine rings is 1. The average Bonchev–Trinajstić information content (AvgIpc) is 2.42. The molecule has 0 unspecified atom stereocenters. The first-order valence-electron chi connectivity index (χ1n) is 5.53. The maximum atomic E-state index is 12.1. The normalized spacial score (nSPS) is 10.2. The first-order chi connectivity index (χ1) is 9.88. The van der Waals surface area contributed by atoms with Crippen molar-refractivity contribution in [3.63, 3.8) is 0 Å². The lowest BCUT2D eigenvalue weighted by atomic mass is 10.2. The summed E-state index contributed by atoms with van der Waals surface area (Å²) in [7, 11) is 0. The second kappa shape index (κ2) is 6.67. The van der Waals surface area contributed by atoms with Crippen LogP contribution < -0.4 is 5.32 Å². The number of hydrogen-bond acceptors (Lipinski definition) is 3. The molecule has 0 aliphatic heterocycles. The van der Waals surface area contributed by atoms with Crippen LogP contribution in [0.15, 0.2) is 43.9 Å². The van der Waals surface area contributed by atoms with Crippen LogP contribution in [0.5, 0.6) is 0 Å². The van der Waals surface area contributed by atoms with Gasteiger partial charge in [0.1, 0.15) is 5.69 Å². The van der Waals surface area contributed by atoms with E-state index in [9.17, 15) is 9.59 Å². The van der Waals surface area contributed by atoms with E-state index >= 15 is 0 Å². The summed E-state index contributed by atoms with van der Waals surface area (Å²) in [6.45, 7) is 0. The van der Waals surface area contributed by atoms with Crippen molar-refractivity contribution in [1.29, 1.82) is 0 Å². The number of carboxylic acids is 1. The van der Waals surface area contributed by atoms with Gasteiger partial charge in [-0.25, -0.2) is 9.78 Å². The highest BCUT2D eigenvalue weighted by molar-refractivity contribution is 9.11.